The van der Waals surface area contributed by atoms with Gasteiger partial charge in [0.2, 0.25) is 5.91 Å². The van der Waals surface area contributed by atoms with E-state index in [9.17, 15) is 9.59 Å². The lowest BCUT2D eigenvalue weighted by molar-refractivity contribution is -0.124. The van der Waals surface area contributed by atoms with Gasteiger partial charge in [-0.2, -0.15) is 0 Å². The average Bonchev–Trinajstić information content (AvgIpc) is 2.65. The van der Waals surface area contributed by atoms with Crippen LogP contribution < -0.4 is 10.9 Å². The maximum Gasteiger partial charge on any atom is 0.262 e. The molecule has 19 heavy (non-hydrogen) atoms. The molecule has 1 fully saturated rings. The van der Waals surface area contributed by atoms with Crippen molar-refractivity contribution in [3.63, 3.8) is 0 Å². The molecular weight excluding hydrogens is 244 g/mol. The summed E-state index contributed by atoms with van der Waals surface area (Å²) in [6, 6.07) is 1.18. The lowest BCUT2D eigenvalue weighted by Crippen LogP contribution is -2.36. The van der Waals surface area contributed by atoms with Crippen molar-refractivity contribution in [3.05, 3.63) is 35.1 Å². The van der Waals surface area contributed by atoms with Crippen LogP contribution in [0.5, 0.6) is 0 Å². The molecule has 1 aliphatic heterocycles. The molecule has 1 saturated heterocycles. The van der Waals surface area contributed by atoms with E-state index in [2.05, 4.69) is 15.3 Å². The number of aromatic nitrogens is 3. The van der Waals surface area contributed by atoms with Crippen LogP contribution in [0, 0.1) is 0 Å². The molecule has 1 unspecified atom stereocenters. The molecule has 2 aromatic heterocycles. The monoisotopic (exact) mass is 258 g/mol. The summed E-state index contributed by atoms with van der Waals surface area (Å²) in [4.78, 5) is 32.5. The number of nitrogens with one attached hydrogen (secondary N) is 1. The van der Waals surface area contributed by atoms with Gasteiger partial charge in [-0.1, -0.05) is 0 Å². The molecule has 1 N–H and O–H groups in total. The quantitative estimate of drug-likeness (QED) is 0.814. The topological polar surface area (TPSA) is 76.9 Å². The van der Waals surface area contributed by atoms with Crippen LogP contribution in [0.1, 0.15) is 25.3 Å². The van der Waals surface area contributed by atoms with Crippen LogP contribution in [-0.2, 0) is 4.79 Å². The molecule has 0 aliphatic carbocycles. The summed E-state index contributed by atoms with van der Waals surface area (Å²) in [5.74, 6) is -0.102. The Hall–Kier alpha value is -2.24. The fraction of sp³-hybridized carbons (Fsp3) is 0.385. The van der Waals surface area contributed by atoms with Crippen molar-refractivity contribution < 1.29 is 4.79 Å². The van der Waals surface area contributed by atoms with Crippen LogP contribution in [0.2, 0.25) is 0 Å². The first-order valence-electron chi connectivity index (χ1n) is 6.36. The molecule has 1 amide bonds. The van der Waals surface area contributed by atoms with Gasteiger partial charge in [-0.25, -0.2) is 4.98 Å². The van der Waals surface area contributed by atoms with E-state index in [1.54, 1.807) is 18.5 Å². The molecule has 1 aliphatic rings. The molecule has 0 spiro atoms. The molecule has 0 aromatic carbocycles. The van der Waals surface area contributed by atoms with Gasteiger partial charge >= 0.3 is 0 Å². The second kappa shape index (κ2) is 4.79. The zero-order valence-electron chi connectivity index (χ0n) is 10.4. The van der Waals surface area contributed by atoms with E-state index < -0.39 is 6.04 Å². The van der Waals surface area contributed by atoms with E-state index >= 15 is 0 Å². The van der Waals surface area contributed by atoms with E-state index in [1.165, 1.54) is 10.9 Å². The summed E-state index contributed by atoms with van der Waals surface area (Å²) in [6.45, 7) is 0.676. The smallest absolute Gasteiger partial charge is 0.262 e. The van der Waals surface area contributed by atoms with Gasteiger partial charge in [-0.05, 0) is 25.3 Å². The lowest BCUT2D eigenvalue weighted by atomic mass is 10.1. The van der Waals surface area contributed by atoms with Gasteiger partial charge in [0.25, 0.3) is 5.56 Å². The fourth-order valence-electron chi connectivity index (χ4n) is 2.40. The van der Waals surface area contributed by atoms with Crippen molar-refractivity contribution in [2.24, 2.45) is 0 Å². The van der Waals surface area contributed by atoms with Gasteiger partial charge in [0.05, 0.1) is 23.4 Å². The number of hydrogen-bond acceptors (Lipinski definition) is 4. The van der Waals surface area contributed by atoms with Crippen molar-refractivity contribution >= 4 is 16.8 Å². The first-order chi connectivity index (χ1) is 9.27. The van der Waals surface area contributed by atoms with Gasteiger partial charge in [-0.15, -0.1) is 0 Å². The molecule has 6 heteroatoms. The number of fused-ring (bicyclic) bond motifs is 1. The van der Waals surface area contributed by atoms with Crippen molar-refractivity contribution in [1.82, 2.24) is 19.9 Å². The number of nitrogens with zero attached hydrogens (tertiary/aromatic N) is 3. The third-order valence-corrected chi connectivity index (χ3v) is 3.43. The first-order valence-corrected chi connectivity index (χ1v) is 6.36. The van der Waals surface area contributed by atoms with Gasteiger partial charge in [-0.3, -0.25) is 19.1 Å². The second-order valence-corrected chi connectivity index (χ2v) is 4.65. The van der Waals surface area contributed by atoms with Gasteiger partial charge in [0, 0.05) is 12.7 Å². The average molecular weight is 258 g/mol. The molecule has 2 aromatic rings. The molecule has 3 rings (SSSR count). The van der Waals surface area contributed by atoms with Crippen molar-refractivity contribution in [3.8, 4) is 0 Å². The molecule has 6 nitrogen and oxygen atoms in total. The summed E-state index contributed by atoms with van der Waals surface area (Å²) in [5, 5.41) is 3.32. The minimum Gasteiger partial charge on any atom is -0.354 e. The molecule has 0 radical (unpaired) electrons. The van der Waals surface area contributed by atoms with Crippen molar-refractivity contribution in [1.29, 1.82) is 0 Å². The van der Waals surface area contributed by atoms with E-state index in [0.29, 0.717) is 23.9 Å². The Morgan fingerprint density at radius 1 is 1.32 bits per heavy atom. The summed E-state index contributed by atoms with van der Waals surface area (Å²) in [5.41, 5.74) is 0.368. The highest BCUT2D eigenvalue weighted by molar-refractivity contribution is 5.81. The number of hydrogen-bond donors (Lipinski definition) is 1. The maximum atomic E-state index is 12.4. The zero-order chi connectivity index (χ0) is 13.2. The lowest BCUT2D eigenvalue weighted by Gasteiger charge is -2.16. The standard InChI is InChI=1S/C13H14N4O2/c18-12-11(3-1-2-5-15-12)17-8-16-10-7-14-6-4-9(10)13(17)19/h4,6-8,11H,1-3,5H2,(H,15,18). The predicted octanol–water partition coefficient (Wildman–Crippen LogP) is 0.633. The predicted molar refractivity (Wildman–Crippen MR) is 69.7 cm³/mol. The molecular formula is C13H14N4O2. The Balaban J connectivity index is 2.12. The van der Waals surface area contributed by atoms with Gasteiger partial charge in [0.1, 0.15) is 6.04 Å². The second-order valence-electron chi connectivity index (χ2n) is 4.65. The summed E-state index contributed by atoms with van der Waals surface area (Å²) < 4.78 is 1.43. The summed E-state index contributed by atoms with van der Waals surface area (Å²) >= 11 is 0. The van der Waals surface area contributed by atoms with Crippen molar-refractivity contribution in [2.45, 2.75) is 25.3 Å². The van der Waals surface area contributed by atoms with Crippen LogP contribution in [0.4, 0.5) is 0 Å². The van der Waals surface area contributed by atoms with E-state index in [1.807, 2.05) is 0 Å². The number of carbonyl (C=O) groups excluding carboxylic acids is 1. The Labute approximate surface area is 109 Å². The Kier molecular flexibility index (Phi) is 2.98. The number of rotatable bonds is 1. The highest BCUT2D eigenvalue weighted by Crippen LogP contribution is 2.17. The van der Waals surface area contributed by atoms with Crippen LogP contribution in [0.15, 0.2) is 29.6 Å². The molecule has 98 valence electrons. The van der Waals surface area contributed by atoms with E-state index in [-0.39, 0.29) is 11.5 Å². The molecule has 3 heterocycles. The first kappa shape index (κ1) is 11.8. The third-order valence-electron chi connectivity index (χ3n) is 3.43. The Morgan fingerprint density at radius 3 is 3.11 bits per heavy atom. The minimum atomic E-state index is -0.458. The zero-order valence-corrected chi connectivity index (χ0v) is 10.4. The Morgan fingerprint density at radius 2 is 2.21 bits per heavy atom. The largest absolute Gasteiger partial charge is 0.354 e. The van der Waals surface area contributed by atoms with Crippen LogP contribution in [0.3, 0.4) is 0 Å². The van der Waals surface area contributed by atoms with E-state index in [0.717, 1.165) is 12.8 Å². The molecule has 0 bridgehead atoms. The third kappa shape index (κ3) is 2.09. The van der Waals surface area contributed by atoms with Crippen LogP contribution >= 0.6 is 0 Å². The fourth-order valence-corrected chi connectivity index (χ4v) is 2.40. The van der Waals surface area contributed by atoms with Gasteiger partial charge in [0.15, 0.2) is 0 Å². The van der Waals surface area contributed by atoms with Crippen molar-refractivity contribution in [2.75, 3.05) is 6.54 Å². The summed E-state index contributed by atoms with van der Waals surface area (Å²) in [7, 11) is 0. The van der Waals surface area contributed by atoms with Crippen LogP contribution in [-0.4, -0.2) is 27.0 Å². The Bertz CT molecular complexity index is 680. The molecule has 0 saturated carbocycles. The minimum absolute atomic E-state index is 0.102. The summed E-state index contributed by atoms with van der Waals surface area (Å²) in [6.07, 6.45) is 7.09. The number of pyridine rings is 1. The maximum absolute atomic E-state index is 12.4. The highest BCUT2D eigenvalue weighted by Gasteiger charge is 2.23. The number of amides is 1. The van der Waals surface area contributed by atoms with Crippen LogP contribution in [0.25, 0.3) is 10.9 Å². The number of carbonyl (C=O) groups is 1. The molecule has 1 atom stereocenters. The van der Waals surface area contributed by atoms with E-state index in [4.69, 9.17) is 0 Å². The SMILES string of the molecule is O=C1NCCCCC1n1cnc2cnccc2c1=O. The van der Waals surface area contributed by atoms with Gasteiger partial charge < -0.3 is 5.32 Å². The normalized spacial score (nSPS) is 20.0. The highest BCUT2D eigenvalue weighted by atomic mass is 16.2.